The summed E-state index contributed by atoms with van der Waals surface area (Å²) < 4.78 is 2.52. The third-order valence-corrected chi connectivity index (χ3v) is 10.7. The first kappa shape index (κ1) is 29.4. The molecule has 0 bridgehead atoms. The molecule has 0 spiro atoms. The van der Waals surface area contributed by atoms with Crippen LogP contribution in [0, 0.1) is 0 Å². The van der Waals surface area contributed by atoms with Crippen molar-refractivity contribution in [2.24, 2.45) is 0 Å². The zero-order chi connectivity index (χ0) is 33.7. The zero-order valence-corrected chi connectivity index (χ0v) is 28.2. The van der Waals surface area contributed by atoms with Crippen LogP contribution in [0.4, 0.5) is 0 Å². The first-order chi connectivity index (χ1) is 25.3. The van der Waals surface area contributed by atoms with Gasteiger partial charge in [-0.15, -0.1) is 11.3 Å². The van der Waals surface area contributed by atoms with E-state index in [0.717, 1.165) is 50.0 Å². The molecule has 5 heteroatoms. The lowest BCUT2D eigenvalue weighted by Crippen LogP contribution is -2.00. The van der Waals surface area contributed by atoms with E-state index < -0.39 is 0 Å². The van der Waals surface area contributed by atoms with E-state index >= 15 is 0 Å². The lowest BCUT2D eigenvalue weighted by atomic mass is 9.96. The standard InChI is InChI=1S/C46H28N4S/c1-3-13-31(14-4-1)44-48-45(32-15-5-2-6-16-32)50-46(49-44)33-24-22-29(23-25-33)34-26-27-39-38(28-34)43-41(37-19-9-10-21-40(37)51-43)42(47-39)36-20-11-17-30-12-7-8-18-35(30)36/h1-28H. The Kier molecular flexibility index (Phi) is 6.96. The molecule has 10 rings (SSSR count). The van der Waals surface area contributed by atoms with Gasteiger partial charge in [0, 0.05) is 47.8 Å². The molecule has 3 aromatic heterocycles. The quantitative estimate of drug-likeness (QED) is 0.183. The van der Waals surface area contributed by atoms with Crippen LogP contribution in [0.1, 0.15) is 0 Å². The maximum absolute atomic E-state index is 5.39. The first-order valence-electron chi connectivity index (χ1n) is 17.0. The molecule has 10 aromatic rings. The predicted octanol–water partition coefficient (Wildman–Crippen LogP) is 12.3. The van der Waals surface area contributed by atoms with Crippen LogP contribution in [0.5, 0.6) is 0 Å². The molecule has 4 nitrogen and oxygen atoms in total. The minimum absolute atomic E-state index is 0.643. The maximum atomic E-state index is 5.39. The van der Waals surface area contributed by atoms with E-state index in [9.17, 15) is 0 Å². The second-order valence-electron chi connectivity index (χ2n) is 12.6. The number of thiophene rings is 1. The van der Waals surface area contributed by atoms with Crippen molar-refractivity contribution < 1.29 is 0 Å². The minimum Gasteiger partial charge on any atom is -0.247 e. The summed E-state index contributed by atoms with van der Waals surface area (Å²) in [4.78, 5) is 20.1. The van der Waals surface area contributed by atoms with Crippen LogP contribution in [0.15, 0.2) is 170 Å². The summed E-state index contributed by atoms with van der Waals surface area (Å²) in [5.41, 5.74) is 8.28. The van der Waals surface area contributed by atoms with Crippen molar-refractivity contribution in [1.82, 2.24) is 19.9 Å². The van der Waals surface area contributed by atoms with Gasteiger partial charge in [-0.05, 0) is 40.1 Å². The lowest BCUT2D eigenvalue weighted by molar-refractivity contribution is 1.07. The third kappa shape index (κ3) is 5.14. The molecule has 0 unspecified atom stereocenters. The molecule has 0 N–H and O–H groups in total. The third-order valence-electron chi connectivity index (χ3n) is 9.53. The summed E-state index contributed by atoms with van der Waals surface area (Å²) in [7, 11) is 0. The highest BCUT2D eigenvalue weighted by molar-refractivity contribution is 7.26. The van der Waals surface area contributed by atoms with Gasteiger partial charge in [0.1, 0.15) is 0 Å². The number of aromatic nitrogens is 4. The van der Waals surface area contributed by atoms with Crippen LogP contribution in [0.3, 0.4) is 0 Å². The van der Waals surface area contributed by atoms with Crippen LogP contribution in [0.2, 0.25) is 0 Å². The van der Waals surface area contributed by atoms with Crippen LogP contribution in [-0.2, 0) is 0 Å². The van der Waals surface area contributed by atoms with Crippen molar-refractivity contribution in [2.75, 3.05) is 0 Å². The Hall–Kier alpha value is -6.56. The number of hydrogen-bond acceptors (Lipinski definition) is 5. The van der Waals surface area contributed by atoms with Crippen molar-refractivity contribution in [3.8, 4) is 56.5 Å². The van der Waals surface area contributed by atoms with Crippen molar-refractivity contribution >= 4 is 53.2 Å². The molecule has 0 aliphatic carbocycles. The summed E-state index contributed by atoms with van der Waals surface area (Å²) >= 11 is 1.85. The molecule has 3 heterocycles. The molecule has 7 aromatic carbocycles. The topological polar surface area (TPSA) is 51.6 Å². The fraction of sp³-hybridized carbons (Fsp3) is 0. The Morgan fingerprint density at radius 3 is 1.63 bits per heavy atom. The van der Waals surface area contributed by atoms with Gasteiger partial charge in [-0.25, -0.2) is 19.9 Å². The zero-order valence-electron chi connectivity index (χ0n) is 27.4. The fourth-order valence-corrected chi connectivity index (χ4v) is 8.25. The average Bonchev–Trinajstić information content (AvgIpc) is 3.61. The van der Waals surface area contributed by atoms with Crippen LogP contribution < -0.4 is 0 Å². The van der Waals surface area contributed by atoms with Gasteiger partial charge in [0.2, 0.25) is 0 Å². The summed E-state index contributed by atoms with van der Waals surface area (Å²) in [6, 6.07) is 59.1. The number of rotatable bonds is 5. The van der Waals surface area contributed by atoms with E-state index in [-0.39, 0.29) is 0 Å². The second kappa shape index (κ2) is 12.1. The molecule has 238 valence electrons. The number of nitrogens with zero attached hydrogens (tertiary/aromatic N) is 4. The SMILES string of the molecule is c1ccc(-c2nc(-c3ccccc3)nc(-c3ccc(-c4ccc5nc(-c6cccc7ccccc67)c6c7ccccc7sc6c5c4)cc3)n2)cc1. The van der Waals surface area contributed by atoms with Crippen LogP contribution in [0.25, 0.3) is 98.4 Å². The summed E-state index contributed by atoms with van der Waals surface area (Å²) in [6.07, 6.45) is 0. The molecule has 0 radical (unpaired) electrons. The molecular formula is C46H28N4S. The van der Waals surface area contributed by atoms with E-state index in [2.05, 4.69) is 109 Å². The van der Waals surface area contributed by atoms with Gasteiger partial charge in [-0.2, -0.15) is 0 Å². The molecule has 0 saturated carbocycles. The van der Waals surface area contributed by atoms with Gasteiger partial charge in [-0.1, -0.05) is 152 Å². The molecule has 0 saturated heterocycles. The smallest absolute Gasteiger partial charge is 0.164 e. The number of fused-ring (bicyclic) bond motifs is 6. The fourth-order valence-electron chi connectivity index (χ4n) is 7.02. The van der Waals surface area contributed by atoms with E-state index in [4.69, 9.17) is 19.9 Å². The van der Waals surface area contributed by atoms with Gasteiger partial charge < -0.3 is 0 Å². The molecule has 0 atom stereocenters. The van der Waals surface area contributed by atoms with E-state index in [0.29, 0.717) is 17.5 Å². The minimum atomic E-state index is 0.643. The summed E-state index contributed by atoms with van der Waals surface area (Å²) in [6.45, 7) is 0. The normalized spacial score (nSPS) is 11.5. The van der Waals surface area contributed by atoms with E-state index in [1.165, 1.54) is 30.9 Å². The average molecular weight is 669 g/mol. The molecular weight excluding hydrogens is 641 g/mol. The largest absolute Gasteiger partial charge is 0.247 e. The van der Waals surface area contributed by atoms with Crippen LogP contribution in [-0.4, -0.2) is 19.9 Å². The molecule has 0 fully saturated rings. The highest BCUT2D eigenvalue weighted by atomic mass is 32.1. The predicted molar refractivity (Wildman–Crippen MR) is 213 cm³/mol. The second-order valence-corrected chi connectivity index (χ2v) is 13.7. The van der Waals surface area contributed by atoms with Crippen molar-refractivity contribution in [1.29, 1.82) is 0 Å². The lowest BCUT2D eigenvalue weighted by Gasteiger charge is -2.12. The highest BCUT2D eigenvalue weighted by Gasteiger charge is 2.18. The molecule has 0 aliphatic rings. The highest BCUT2D eigenvalue weighted by Crippen LogP contribution is 2.44. The Morgan fingerprint density at radius 2 is 0.922 bits per heavy atom. The number of hydrogen-bond donors (Lipinski definition) is 0. The van der Waals surface area contributed by atoms with Gasteiger partial charge in [-0.3, -0.25) is 0 Å². The summed E-state index contributed by atoms with van der Waals surface area (Å²) in [5.74, 6) is 1.95. The first-order valence-corrected chi connectivity index (χ1v) is 17.8. The Morgan fingerprint density at radius 1 is 0.373 bits per heavy atom. The van der Waals surface area contributed by atoms with E-state index in [1.54, 1.807) is 0 Å². The Bertz CT molecular complexity index is 2840. The van der Waals surface area contributed by atoms with Crippen molar-refractivity contribution in [3.05, 3.63) is 170 Å². The van der Waals surface area contributed by atoms with Gasteiger partial charge in [0.25, 0.3) is 0 Å². The van der Waals surface area contributed by atoms with Gasteiger partial charge in [0.05, 0.1) is 11.2 Å². The number of benzene rings is 7. The maximum Gasteiger partial charge on any atom is 0.164 e. The van der Waals surface area contributed by atoms with Gasteiger partial charge >= 0.3 is 0 Å². The summed E-state index contributed by atoms with van der Waals surface area (Å²) in [5, 5.41) is 6.05. The van der Waals surface area contributed by atoms with Crippen molar-refractivity contribution in [2.45, 2.75) is 0 Å². The van der Waals surface area contributed by atoms with Crippen molar-refractivity contribution in [3.63, 3.8) is 0 Å². The van der Waals surface area contributed by atoms with Crippen LogP contribution >= 0.6 is 11.3 Å². The molecule has 51 heavy (non-hydrogen) atoms. The molecule has 0 amide bonds. The van der Waals surface area contributed by atoms with Gasteiger partial charge in [0.15, 0.2) is 17.5 Å². The Balaban J connectivity index is 1.10. The number of pyridine rings is 1. The monoisotopic (exact) mass is 668 g/mol. The molecule has 0 aliphatic heterocycles. The Labute approximate surface area is 298 Å². The van der Waals surface area contributed by atoms with E-state index in [1.807, 2.05) is 72.0 Å².